The molecule has 0 radical (unpaired) electrons. The molecule has 1 unspecified atom stereocenters. The summed E-state index contributed by atoms with van der Waals surface area (Å²) in [5.41, 5.74) is 2.08. The van der Waals surface area contributed by atoms with Gasteiger partial charge in [0.25, 0.3) is 0 Å². The van der Waals surface area contributed by atoms with E-state index in [4.69, 9.17) is 0 Å². The molecule has 2 amide bonds. The van der Waals surface area contributed by atoms with Gasteiger partial charge in [0.15, 0.2) is 0 Å². The van der Waals surface area contributed by atoms with Crippen LogP contribution in [-0.4, -0.2) is 50.5 Å². The molecule has 38 heavy (non-hydrogen) atoms. The number of rotatable bonds is 12. The van der Waals surface area contributed by atoms with E-state index in [9.17, 15) is 22.4 Å². The monoisotopic (exact) mass is 539 g/mol. The third kappa shape index (κ3) is 7.64. The lowest BCUT2D eigenvalue weighted by Gasteiger charge is -2.33. The molecule has 0 fully saturated rings. The molecule has 0 aliphatic carbocycles. The Balaban J connectivity index is 2.06. The van der Waals surface area contributed by atoms with Crippen LogP contribution in [0.2, 0.25) is 0 Å². The number of hydrogen-bond acceptors (Lipinski definition) is 4. The Hall–Kier alpha value is -3.72. The second-order valence-corrected chi connectivity index (χ2v) is 11.1. The third-order valence-corrected chi connectivity index (χ3v) is 7.31. The maximum atomic E-state index is 14.7. The van der Waals surface area contributed by atoms with Gasteiger partial charge in [-0.25, -0.2) is 12.8 Å². The highest BCUT2D eigenvalue weighted by atomic mass is 32.2. The highest BCUT2D eigenvalue weighted by molar-refractivity contribution is 7.92. The number of hydrogen-bond donors (Lipinski definition) is 1. The molecule has 0 aliphatic heterocycles. The fourth-order valence-corrected chi connectivity index (χ4v) is 5.08. The lowest BCUT2D eigenvalue weighted by atomic mass is 10.0. The Morgan fingerprint density at radius 1 is 0.947 bits per heavy atom. The summed E-state index contributed by atoms with van der Waals surface area (Å²) in [4.78, 5) is 28.6. The minimum atomic E-state index is -3.86. The first-order valence-corrected chi connectivity index (χ1v) is 14.3. The summed E-state index contributed by atoms with van der Waals surface area (Å²) in [7, 11) is -3.86. The van der Waals surface area contributed by atoms with Crippen LogP contribution in [0.3, 0.4) is 0 Å². The van der Waals surface area contributed by atoms with Gasteiger partial charge in [-0.15, -0.1) is 0 Å². The highest BCUT2D eigenvalue weighted by Crippen LogP contribution is 2.23. The van der Waals surface area contributed by atoms with E-state index in [2.05, 4.69) is 5.32 Å². The maximum absolute atomic E-state index is 14.7. The largest absolute Gasteiger partial charge is 0.354 e. The summed E-state index contributed by atoms with van der Waals surface area (Å²) in [6.07, 6.45) is 1.91. The minimum Gasteiger partial charge on any atom is -0.354 e. The number of para-hydroxylation sites is 1. The molecule has 9 heteroatoms. The summed E-state index contributed by atoms with van der Waals surface area (Å²) in [6, 6.07) is 21.1. The number of halogens is 1. The molecular weight excluding hydrogens is 505 g/mol. The number of carbonyl (C=O) groups excluding carboxylic acids is 2. The normalized spacial score (nSPS) is 12.0. The van der Waals surface area contributed by atoms with Crippen LogP contribution in [0, 0.1) is 12.7 Å². The van der Waals surface area contributed by atoms with Crippen LogP contribution >= 0.6 is 0 Å². The van der Waals surface area contributed by atoms with E-state index in [-0.39, 0.29) is 24.4 Å². The first kappa shape index (κ1) is 28.8. The van der Waals surface area contributed by atoms with Crippen molar-refractivity contribution in [2.45, 2.75) is 39.3 Å². The number of sulfonamides is 1. The lowest BCUT2D eigenvalue weighted by Crippen LogP contribution is -2.53. The summed E-state index contributed by atoms with van der Waals surface area (Å²) in [5.74, 6) is -1.52. The first-order chi connectivity index (χ1) is 18.1. The van der Waals surface area contributed by atoms with Gasteiger partial charge in [-0.05, 0) is 36.6 Å². The van der Waals surface area contributed by atoms with Gasteiger partial charge in [-0.2, -0.15) is 0 Å². The van der Waals surface area contributed by atoms with Gasteiger partial charge >= 0.3 is 0 Å². The third-order valence-electron chi connectivity index (χ3n) is 6.18. The molecular formula is C29H34FN3O4S. The molecule has 0 bridgehead atoms. The standard InChI is InChI=1S/C29H34FN3O4S/c1-4-18-31-29(35)27(19-23-13-6-5-7-14-23)32(20-24-15-9-10-16-25(24)30)28(34)21-33(38(3,36)37)26-17-11-8-12-22(26)2/h5-17,27H,4,18-21H2,1-3H3,(H,31,35). The van der Waals surface area contributed by atoms with Crippen LogP contribution in [0.15, 0.2) is 78.9 Å². The van der Waals surface area contributed by atoms with Crippen LogP contribution in [0.1, 0.15) is 30.0 Å². The molecule has 202 valence electrons. The van der Waals surface area contributed by atoms with Gasteiger partial charge in [0.1, 0.15) is 18.4 Å². The summed E-state index contributed by atoms with van der Waals surface area (Å²) >= 11 is 0. The van der Waals surface area contributed by atoms with Crippen molar-refractivity contribution in [2.75, 3.05) is 23.7 Å². The number of nitrogens with one attached hydrogen (secondary N) is 1. The Bertz CT molecular complexity index is 1350. The molecule has 3 aromatic carbocycles. The van der Waals surface area contributed by atoms with Crippen molar-refractivity contribution in [3.05, 3.63) is 101 Å². The predicted octanol–water partition coefficient (Wildman–Crippen LogP) is 4.07. The summed E-state index contributed by atoms with van der Waals surface area (Å²) in [6.45, 7) is 3.34. The highest BCUT2D eigenvalue weighted by Gasteiger charge is 2.33. The van der Waals surface area contributed by atoms with Crippen LogP contribution in [0.25, 0.3) is 0 Å². The smallest absolute Gasteiger partial charge is 0.244 e. The SMILES string of the molecule is CCCNC(=O)C(Cc1ccccc1)N(Cc1ccccc1F)C(=O)CN(c1ccccc1C)S(C)(=O)=O. The Kier molecular flexibility index (Phi) is 10.0. The number of carbonyl (C=O) groups is 2. The molecule has 7 nitrogen and oxygen atoms in total. The molecule has 3 aromatic rings. The number of amides is 2. The Morgan fingerprint density at radius 3 is 2.21 bits per heavy atom. The zero-order valence-electron chi connectivity index (χ0n) is 21.9. The van der Waals surface area contributed by atoms with E-state index in [1.165, 1.54) is 11.0 Å². The van der Waals surface area contributed by atoms with Crippen LogP contribution in [-0.2, 0) is 32.6 Å². The summed E-state index contributed by atoms with van der Waals surface area (Å²) < 4.78 is 41.4. The summed E-state index contributed by atoms with van der Waals surface area (Å²) in [5, 5.41) is 2.85. The van der Waals surface area contributed by atoms with Crippen molar-refractivity contribution in [2.24, 2.45) is 0 Å². The van der Waals surface area contributed by atoms with Gasteiger partial charge in [-0.3, -0.25) is 13.9 Å². The second-order valence-electron chi connectivity index (χ2n) is 9.17. The van der Waals surface area contributed by atoms with Crippen molar-refractivity contribution in [1.29, 1.82) is 0 Å². The van der Waals surface area contributed by atoms with Crippen molar-refractivity contribution >= 4 is 27.5 Å². The van der Waals surface area contributed by atoms with Gasteiger partial charge in [0.05, 0.1) is 11.9 Å². The molecule has 0 aromatic heterocycles. The topological polar surface area (TPSA) is 86.8 Å². The van der Waals surface area contributed by atoms with Crippen molar-refractivity contribution in [1.82, 2.24) is 10.2 Å². The number of aryl methyl sites for hydroxylation is 1. The number of anilines is 1. The average Bonchev–Trinajstić information content (AvgIpc) is 2.89. The predicted molar refractivity (Wildman–Crippen MR) is 148 cm³/mol. The Morgan fingerprint density at radius 2 is 1.58 bits per heavy atom. The average molecular weight is 540 g/mol. The zero-order valence-corrected chi connectivity index (χ0v) is 22.7. The molecule has 0 saturated heterocycles. The van der Waals surface area contributed by atoms with E-state index >= 15 is 0 Å². The lowest BCUT2D eigenvalue weighted by molar-refractivity contribution is -0.140. The van der Waals surface area contributed by atoms with Gasteiger partial charge in [0, 0.05) is 25.1 Å². The number of benzene rings is 3. The van der Waals surface area contributed by atoms with E-state index in [1.54, 1.807) is 49.4 Å². The molecule has 1 N–H and O–H groups in total. The van der Waals surface area contributed by atoms with E-state index in [0.717, 1.165) is 16.1 Å². The number of nitrogens with zero attached hydrogens (tertiary/aromatic N) is 2. The van der Waals surface area contributed by atoms with Gasteiger partial charge in [-0.1, -0.05) is 73.7 Å². The Labute approximate surface area is 224 Å². The molecule has 0 saturated carbocycles. The fraction of sp³-hybridized carbons (Fsp3) is 0.310. The van der Waals surface area contributed by atoms with Crippen molar-refractivity contribution in [3.8, 4) is 0 Å². The van der Waals surface area contributed by atoms with E-state index in [1.807, 2.05) is 37.3 Å². The molecule has 0 aliphatic rings. The zero-order chi connectivity index (χ0) is 27.7. The fourth-order valence-electron chi connectivity index (χ4n) is 4.17. The molecule has 1 atom stereocenters. The van der Waals surface area contributed by atoms with Gasteiger partial charge < -0.3 is 10.2 Å². The van der Waals surface area contributed by atoms with Crippen molar-refractivity contribution < 1.29 is 22.4 Å². The minimum absolute atomic E-state index is 0.180. The van der Waals surface area contributed by atoms with Crippen molar-refractivity contribution in [3.63, 3.8) is 0 Å². The van der Waals surface area contributed by atoms with Crippen LogP contribution in [0.4, 0.5) is 10.1 Å². The second kappa shape index (κ2) is 13.2. The molecule has 0 heterocycles. The quantitative estimate of drug-likeness (QED) is 0.376. The van der Waals surface area contributed by atoms with Gasteiger partial charge in [0.2, 0.25) is 21.8 Å². The maximum Gasteiger partial charge on any atom is 0.244 e. The first-order valence-electron chi connectivity index (χ1n) is 12.5. The molecule has 0 spiro atoms. The van der Waals surface area contributed by atoms with E-state index in [0.29, 0.717) is 24.2 Å². The van der Waals surface area contributed by atoms with Crippen LogP contribution < -0.4 is 9.62 Å². The van der Waals surface area contributed by atoms with Crippen LogP contribution in [0.5, 0.6) is 0 Å². The molecule has 3 rings (SSSR count). The van der Waals surface area contributed by atoms with E-state index < -0.39 is 34.3 Å².